The van der Waals surface area contributed by atoms with Gasteiger partial charge in [-0.1, -0.05) is 17.7 Å². The summed E-state index contributed by atoms with van der Waals surface area (Å²) in [5, 5.41) is 15.0. The number of rotatable bonds is 3. The van der Waals surface area contributed by atoms with Gasteiger partial charge >= 0.3 is 0 Å². The molecule has 2 aromatic rings. The van der Waals surface area contributed by atoms with Gasteiger partial charge in [0.15, 0.2) is 5.82 Å². The van der Waals surface area contributed by atoms with E-state index in [-0.39, 0.29) is 5.54 Å². The predicted molar refractivity (Wildman–Crippen MR) is 82.7 cm³/mol. The first kappa shape index (κ1) is 14.5. The molecule has 0 aliphatic rings. The molecule has 0 bridgehead atoms. The summed E-state index contributed by atoms with van der Waals surface area (Å²) in [5.74, 6) is 1.11. The highest BCUT2D eigenvalue weighted by Crippen LogP contribution is 2.23. The van der Waals surface area contributed by atoms with Crippen LogP contribution in [0, 0.1) is 6.92 Å². The molecule has 0 unspecified atom stereocenters. The average Bonchev–Trinajstić information content (AvgIpc) is 2.32. The van der Waals surface area contributed by atoms with Crippen molar-refractivity contribution < 1.29 is 0 Å². The second-order valence-corrected chi connectivity index (χ2v) is 6.06. The Labute approximate surface area is 123 Å². The third kappa shape index (κ3) is 4.06. The fraction of sp³-hybridized carbons (Fsp3) is 0.357. The molecule has 0 atom stereocenters. The maximum atomic E-state index is 5.99. The van der Waals surface area contributed by atoms with E-state index in [4.69, 9.17) is 11.6 Å². The van der Waals surface area contributed by atoms with Crippen molar-refractivity contribution in [3.8, 4) is 0 Å². The van der Waals surface area contributed by atoms with Gasteiger partial charge in [0.2, 0.25) is 5.95 Å². The van der Waals surface area contributed by atoms with E-state index in [0.29, 0.717) is 16.8 Å². The number of hydrogen-bond donors (Lipinski definition) is 2. The van der Waals surface area contributed by atoms with E-state index in [1.165, 1.54) is 0 Å². The number of anilines is 3. The first-order valence-electron chi connectivity index (χ1n) is 6.34. The Hall–Kier alpha value is -1.88. The SMILES string of the molecule is Cc1ccc(Cl)cc1Nc1nncc(NC(C)(C)C)n1. The third-order valence-corrected chi connectivity index (χ3v) is 2.74. The van der Waals surface area contributed by atoms with Crippen LogP contribution in [-0.2, 0) is 0 Å². The van der Waals surface area contributed by atoms with Crippen molar-refractivity contribution in [1.29, 1.82) is 0 Å². The van der Waals surface area contributed by atoms with E-state index in [1.807, 2.05) is 25.1 Å². The quantitative estimate of drug-likeness (QED) is 0.901. The molecule has 5 nitrogen and oxygen atoms in total. The monoisotopic (exact) mass is 291 g/mol. The van der Waals surface area contributed by atoms with Crippen molar-refractivity contribution >= 4 is 29.1 Å². The fourth-order valence-corrected chi connectivity index (χ4v) is 1.82. The fourth-order valence-electron chi connectivity index (χ4n) is 1.65. The maximum absolute atomic E-state index is 5.99. The molecule has 1 aromatic heterocycles. The highest BCUT2D eigenvalue weighted by Gasteiger charge is 2.11. The highest BCUT2D eigenvalue weighted by molar-refractivity contribution is 6.30. The molecule has 1 aromatic carbocycles. The van der Waals surface area contributed by atoms with Crippen LogP contribution in [0.3, 0.4) is 0 Å². The third-order valence-electron chi connectivity index (χ3n) is 2.51. The van der Waals surface area contributed by atoms with Crippen LogP contribution in [0.2, 0.25) is 5.02 Å². The number of hydrogen-bond acceptors (Lipinski definition) is 5. The minimum atomic E-state index is -0.0841. The first-order chi connectivity index (χ1) is 9.33. The number of halogens is 1. The van der Waals surface area contributed by atoms with Crippen LogP contribution in [0.4, 0.5) is 17.5 Å². The minimum Gasteiger partial charge on any atom is -0.364 e. The van der Waals surface area contributed by atoms with Crippen LogP contribution in [0.25, 0.3) is 0 Å². The zero-order chi connectivity index (χ0) is 14.8. The summed E-state index contributed by atoms with van der Waals surface area (Å²) in [4.78, 5) is 4.39. The van der Waals surface area contributed by atoms with Gasteiger partial charge in [0.05, 0.1) is 6.20 Å². The molecule has 0 fully saturated rings. The molecule has 0 aliphatic heterocycles. The van der Waals surface area contributed by atoms with Crippen LogP contribution in [0.1, 0.15) is 26.3 Å². The summed E-state index contributed by atoms with van der Waals surface area (Å²) >= 11 is 5.99. The topological polar surface area (TPSA) is 62.7 Å². The maximum Gasteiger partial charge on any atom is 0.249 e. The first-order valence-corrected chi connectivity index (χ1v) is 6.72. The standard InChI is InChI=1S/C14H18ClN5/c1-9-5-6-10(15)7-11(9)17-13-18-12(8-16-20-13)19-14(2,3)4/h5-8H,1-4H3,(H2,17,18,19,20). The second kappa shape index (κ2) is 5.63. The van der Waals surface area contributed by atoms with Gasteiger partial charge in [0.25, 0.3) is 0 Å². The van der Waals surface area contributed by atoms with Gasteiger partial charge in [-0.2, -0.15) is 10.1 Å². The van der Waals surface area contributed by atoms with Crippen LogP contribution in [0.5, 0.6) is 0 Å². The van der Waals surface area contributed by atoms with Gasteiger partial charge in [-0.05, 0) is 45.4 Å². The Balaban J connectivity index is 2.21. The van der Waals surface area contributed by atoms with Gasteiger partial charge in [-0.15, -0.1) is 5.10 Å². The summed E-state index contributed by atoms with van der Waals surface area (Å²) in [7, 11) is 0. The molecule has 0 spiro atoms. The van der Waals surface area contributed by atoms with Crippen LogP contribution < -0.4 is 10.6 Å². The Morgan fingerprint density at radius 3 is 2.65 bits per heavy atom. The summed E-state index contributed by atoms with van der Waals surface area (Å²) in [6, 6.07) is 5.62. The summed E-state index contributed by atoms with van der Waals surface area (Å²) < 4.78 is 0. The molecular formula is C14H18ClN5. The van der Waals surface area contributed by atoms with Crippen molar-refractivity contribution in [2.75, 3.05) is 10.6 Å². The Morgan fingerprint density at radius 2 is 1.95 bits per heavy atom. The number of aryl methyl sites for hydroxylation is 1. The van der Waals surface area contributed by atoms with Crippen LogP contribution in [-0.4, -0.2) is 20.7 Å². The van der Waals surface area contributed by atoms with Gasteiger partial charge in [-0.3, -0.25) is 0 Å². The second-order valence-electron chi connectivity index (χ2n) is 5.62. The smallest absolute Gasteiger partial charge is 0.249 e. The number of benzene rings is 1. The molecule has 0 saturated heterocycles. The summed E-state index contributed by atoms with van der Waals surface area (Å²) in [6.07, 6.45) is 1.60. The zero-order valence-electron chi connectivity index (χ0n) is 12.0. The summed E-state index contributed by atoms with van der Waals surface area (Å²) in [5.41, 5.74) is 1.85. The van der Waals surface area contributed by atoms with E-state index in [0.717, 1.165) is 11.3 Å². The molecule has 0 amide bonds. The number of aromatic nitrogens is 3. The van der Waals surface area contributed by atoms with Crippen LogP contribution in [0.15, 0.2) is 24.4 Å². The lowest BCUT2D eigenvalue weighted by molar-refractivity contribution is 0.629. The molecule has 1 heterocycles. The normalized spacial score (nSPS) is 11.2. The van der Waals surface area contributed by atoms with E-state index in [9.17, 15) is 0 Å². The molecular weight excluding hydrogens is 274 g/mol. The average molecular weight is 292 g/mol. The van der Waals surface area contributed by atoms with E-state index in [2.05, 4.69) is 46.6 Å². The molecule has 20 heavy (non-hydrogen) atoms. The van der Waals surface area contributed by atoms with E-state index in [1.54, 1.807) is 6.20 Å². The lowest BCUT2D eigenvalue weighted by Crippen LogP contribution is -2.27. The molecule has 6 heteroatoms. The van der Waals surface area contributed by atoms with E-state index < -0.39 is 0 Å². The highest BCUT2D eigenvalue weighted by atomic mass is 35.5. The molecule has 0 radical (unpaired) electrons. The Bertz CT molecular complexity index is 607. The zero-order valence-corrected chi connectivity index (χ0v) is 12.8. The lowest BCUT2D eigenvalue weighted by Gasteiger charge is -2.21. The molecule has 106 valence electrons. The Kier molecular flexibility index (Phi) is 4.09. The minimum absolute atomic E-state index is 0.0841. The Morgan fingerprint density at radius 1 is 1.20 bits per heavy atom. The van der Waals surface area contributed by atoms with Crippen molar-refractivity contribution in [3.05, 3.63) is 35.0 Å². The van der Waals surface area contributed by atoms with Crippen LogP contribution >= 0.6 is 11.6 Å². The van der Waals surface area contributed by atoms with Crippen molar-refractivity contribution in [1.82, 2.24) is 15.2 Å². The molecule has 2 N–H and O–H groups in total. The molecule has 0 saturated carbocycles. The molecule has 2 rings (SSSR count). The number of nitrogens with zero attached hydrogens (tertiary/aromatic N) is 3. The summed E-state index contributed by atoms with van der Waals surface area (Å²) in [6.45, 7) is 8.17. The van der Waals surface area contributed by atoms with Gasteiger partial charge in [0.1, 0.15) is 0 Å². The number of nitrogens with one attached hydrogen (secondary N) is 2. The largest absolute Gasteiger partial charge is 0.364 e. The van der Waals surface area contributed by atoms with Gasteiger partial charge < -0.3 is 10.6 Å². The van der Waals surface area contributed by atoms with Crippen molar-refractivity contribution in [2.45, 2.75) is 33.2 Å². The van der Waals surface area contributed by atoms with E-state index >= 15 is 0 Å². The van der Waals surface area contributed by atoms with Gasteiger partial charge in [-0.25, -0.2) is 0 Å². The molecule has 0 aliphatic carbocycles. The predicted octanol–water partition coefficient (Wildman–Crippen LogP) is 3.79. The van der Waals surface area contributed by atoms with Gasteiger partial charge in [0, 0.05) is 16.2 Å². The van der Waals surface area contributed by atoms with Crippen molar-refractivity contribution in [2.24, 2.45) is 0 Å². The lowest BCUT2D eigenvalue weighted by atomic mass is 10.1. The van der Waals surface area contributed by atoms with Crippen molar-refractivity contribution in [3.63, 3.8) is 0 Å².